The van der Waals surface area contributed by atoms with Crippen LogP contribution in [0.15, 0.2) is 59.0 Å². The molecule has 0 amide bonds. The van der Waals surface area contributed by atoms with Crippen molar-refractivity contribution in [3.05, 3.63) is 71.0 Å². The Hall–Kier alpha value is -3.97. The Labute approximate surface area is 265 Å². The quantitative estimate of drug-likeness (QED) is 0.0777. The Kier molecular flexibility index (Phi) is 12.3. The van der Waals surface area contributed by atoms with Gasteiger partial charge in [0.2, 0.25) is 0 Å². The molecule has 4 rings (SSSR count). The van der Waals surface area contributed by atoms with Crippen LogP contribution in [0.4, 0.5) is 4.39 Å². The number of halogens is 2. The Bertz CT molecular complexity index is 1520. The molecule has 9 nitrogen and oxygen atoms in total. The molecule has 3 aromatic heterocycles. The number of hydrogen-bond acceptors (Lipinski definition) is 8. The molecule has 4 heterocycles. The molecule has 0 radical (unpaired) electrons. The number of rotatable bonds is 11. The van der Waals surface area contributed by atoms with Gasteiger partial charge in [0.1, 0.15) is 28.9 Å². The van der Waals surface area contributed by atoms with Gasteiger partial charge in [-0.1, -0.05) is 64.8 Å². The lowest BCUT2D eigenvalue weighted by Crippen LogP contribution is -2.32. The molecule has 1 atom stereocenters. The minimum absolute atomic E-state index is 0.0637. The number of hydrazone groups is 1. The number of hydrogen-bond donors (Lipinski definition) is 1. The van der Waals surface area contributed by atoms with Crippen molar-refractivity contribution < 1.29 is 9.13 Å². The van der Waals surface area contributed by atoms with Crippen molar-refractivity contribution in [2.45, 2.75) is 85.8 Å². The number of pyridine rings is 2. The van der Waals surface area contributed by atoms with Crippen LogP contribution in [0.3, 0.4) is 0 Å². The second kappa shape index (κ2) is 15.7. The van der Waals surface area contributed by atoms with E-state index in [1.165, 1.54) is 12.3 Å². The fraction of sp³-hybridized carbons (Fsp3) is 0.485. The van der Waals surface area contributed by atoms with Crippen molar-refractivity contribution in [2.24, 2.45) is 21.4 Å². The molecule has 1 aliphatic rings. The highest BCUT2D eigenvalue weighted by Crippen LogP contribution is 2.45. The highest BCUT2D eigenvalue weighted by molar-refractivity contribution is 6.47. The van der Waals surface area contributed by atoms with Crippen LogP contribution >= 0.6 is 11.6 Å². The first-order chi connectivity index (χ1) is 21.1. The first-order valence-corrected chi connectivity index (χ1v) is 15.6. The van der Waals surface area contributed by atoms with Crippen molar-refractivity contribution in [1.82, 2.24) is 19.5 Å². The minimum Gasteiger partial charge on any atom is -0.481 e. The van der Waals surface area contributed by atoms with Gasteiger partial charge >= 0.3 is 0 Å². The lowest BCUT2D eigenvalue weighted by atomic mass is 9.76. The number of ether oxygens (including phenoxy) is 1. The van der Waals surface area contributed by atoms with E-state index in [0.717, 1.165) is 37.7 Å². The lowest BCUT2D eigenvalue weighted by Gasteiger charge is -2.36. The molecule has 1 unspecified atom stereocenters. The molecule has 0 bridgehead atoms. The number of piperidine rings is 1. The topological polar surface area (TPSA) is 117 Å². The zero-order chi connectivity index (χ0) is 32.4. The number of aromatic nitrogens is 3. The van der Waals surface area contributed by atoms with Crippen LogP contribution < -0.4 is 10.6 Å². The Balaban J connectivity index is 0.00000259. The minimum atomic E-state index is -0.620. The first kappa shape index (κ1) is 34.5. The highest BCUT2D eigenvalue weighted by Gasteiger charge is 2.37. The van der Waals surface area contributed by atoms with Crippen LogP contribution in [0.25, 0.3) is 5.52 Å². The maximum absolute atomic E-state index is 13.9. The van der Waals surface area contributed by atoms with E-state index in [-0.39, 0.29) is 6.04 Å². The number of likely N-dealkylation sites (tertiary alicyclic amines) is 1. The summed E-state index contributed by atoms with van der Waals surface area (Å²) in [6.45, 7) is 17.8. The third-order valence-electron chi connectivity index (χ3n) is 7.92. The van der Waals surface area contributed by atoms with Gasteiger partial charge in [0.05, 0.1) is 34.9 Å². The monoisotopic (exact) mass is 622 g/mol. The second-order valence-corrected chi connectivity index (χ2v) is 11.6. The number of aliphatic imine (C=N–C) groups is 1. The second-order valence-electron chi connectivity index (χ2n) is 11.2. The van der Waals surface area contributed by atoms with Crippen molar-refractivity contribution in [3.8, 4) is 11.9 Å². The van der Waals surface area contributed by atoms with E-state index in [0.29, 0.717) is 52.1 Å². The van der Waals surface area contributed by atoms with E-state index < -0.39 is 17.3 Å². The van der Waals surface area contributed by atoms with Gasteiger partial charge in [0.15, 0.2) is 6.19 Å². The number of fused-ring (bicyclic) bond motifs is 1. The molecule has 44 heavy (non-hydrogen) atoms. The lowest BCUT2D eigenvalue weighted by molar-refractivity contribution is 0.0938. The maximum atomic E-state index is 13.9. The molecule has 1 saturated heterocycles. The van der Waals surface area contributed by atoms with Crippen LogP contribution in [0, 0.1) is 22.7 Å². The molecule has 1 aliphatic heterocycles. The van der Waals surface area contributed by atoms with Crippen LogP contribution in [0.2, 0.25) is 5.02 Å². The summed E-state index contributed by atoms with van der Waals surface area (Å²) >= 11 is 6.60. The Morgan fingerprint density at radius 2 is 2.00 bits per heavy atom. The predicted molar refractivity (Wildman–Crippen MR) is 176 cm³/mol. The Morgan fingerprint density at radius 3 is 2.59 bits per heavy atom. The third kappa shape index (κ3) is 7.94. The van der Waals surface area contributed by atoms with Crippen molar-refractivity contribution >= 4 is 28.5 Å². The van der Waals surface area contributed by atoms with E-state index in [1.54, 1.807) is 27.9 Å². The van der Waals surface area contributed by atoms with Gasteiger partial charge in [-0.25, -0.2) is 8.91 Å². The van der Waals surface area contributed by atoms with Crippen molar-refractivity contribution in [3.63, 3.8) is 0 Å². The molecule has 11 heteroatoms. The molecule has 0 aromatic carbocycles. The summed E-state index contributed by atoms with van der Waals surface area (Å²) in [7, 11) is 0. The van der Waals surface area contributed by atoms with Gasteiger partial charge in [0, 0.05) is 30.3 Å². The van der Waals surface area contributed by atoms with Gasteiger partial charge in [-0.05, 0) is 50.8 Å². The van der Waals surface area contributed by atoms with E-state index in [4.69, 9.17) is 32.4 Å². The normalized spacial score (nSPS) is 15.4. The van der Waals surface area contributed by atoms with Crippen LogP contribution in [-0.4, -0.2) is 50.1 Å². The van der Waals surface area contributed by atoms with E-state index >= 15 is 0 Å². The summed E-state index contributed by atoms with van der Waals surface area (Å²) in [6.07, 6.45) is 10.5. The van der Waals surface area contributed by atoms with Gasteiger partial charge in [0.25, 0.3) is 0 Å². The fourth-order valence-electron chi connectivity index (χ4n) is 5.22. The van der Waals surface area contributed by atoms with Gasteiger partial charge in [-0.15, -0.1) is 0 Å². The third-order valence-corrected chi connectivity index (χ3v) is 8.20. The van der Waals surface area contributed by atoms with Crippen LogP contribution in [-0.2, 0) is 0 Å². The average molecular weight is 623 g/mol. The zero-order valence-electron chi connectivity index (χ0n) is 26.6. The zero-order valence-corrected chi connectivity index (χ0v) is 27.4. The molecule has 3 aromatic rings. The fourth-order valence-corrected chi connectivity index (χ4v) is 5.44. The van der Waals surface area contributed by atoms with Gasteiger partial charge < -0.3 is 15.5 Å². The smallest absolute Gasteiger partial charge is 0.179 e. The van der Waals surface area contributed by atoms with Gasteiger partial charge in [-0.2, -0.15) is 15.5 Å². The molecule has 0 aliphatic carbocycles. The number of nitrogens with zero attached hydrogens (tertiary/aromatic N) is 7. The van der Waals surface area contributed by atoms with Crippen molar-refractivity contribution in [2.75, 3.05) is 13.1 Å². The summed E-state index contributed by atoms with van der Waals surface area (Å²) in [4.78, 5) is 11.0. The maximum Gasteiger partial charge on any atom is 0.179 e. The summed E-state index contributed by atoms with van der Waals surface area (Å²) < 4.78 is 22.3. The first-order valence-electron chi connectivity index (χ1n) is 15.2. The van der Waals surface area contributed by atoms with Crippen LogP contribution in [0.1, 0.15) is 91.0 Å². The summed E-state index contributed by atoms with van der Waals surface area (Å²) in [5.41, 5.74) is 3.36. The van der Waals surface area contributed by atoms with E-state index in [9.17, 15) is 4.39 Å². The molecule has 0 saturated carbocycles. The summed E-state index contributed by atoms with van der Waals surface area (Å²) in [5, 5.41) is 18.1. The Morgan fingerprint density at radius 1 is 1.30 bits per heavy atom. The summed E-state index contributed by atoms with van der Waals surface area (Å²) in [6, 6.07) is 4.90. The molecule has 0 spiro atoms. The van der Waals surface area contributed by atoms with Crippen molar-refractivity contribution in [1.29, 1.82) is 5.26 Å². The molecule has 1 fully saturated rings. The molecule has 236 valence electrons. The number of unbranched alkanes of at least 4 members (excludes halogenated alkanes) is 1. The van der Waals surface area contributed by atoms with Gasteiger partial charge in [-0.3, -0.25) is 9.98 Å². The number of nitrogens with two attached hydrogens (primary N) is 1. The largest absolute Gasteiger partial charge is 0.481 e. The highest BCUT2D eigenvalue weighted by atomic mass is 35.5. The summed E-state index contributed by atoms with van der Waals surface area (Å²) in [5.74, 6) is 5.93. The van der Waals surface area contributed by atoms with E-state index in [1.807, 2.05) is 26.8 Å². The SMILES string of the molecule is C=C(CCCC)C(C)(C)C(Oc1cc(/C(=N/N)C(C)=NC2CCN(C#N)CC2)cn2ncc(Cl)c12)c1ccc(F)cn1.CC. The predicted octanol–water partition coefficient (Wildman–Crippen LogP) is 7.51. The van der Waals surface area contributed by atoms with E-state index in [2.05, 4.69) is 48.7 Å². The molecule has 2 N–H and O–H groups in total. The average Bonchev–Trinajstić information content (AvgIpc) is 3.41. The standard InChI is InChI=1S/C31H38ClFN8O.C2H6/c1-6-7-8-20(2)31(4,5)30(26-10-9-23(33)16-36-26)42-27-15-22(18-41-29(27)25(32)17-37-41)28(39-35)21(3)38-24-11-13-40(19-34)14-12-24;1-2/h9-10,15-18,24,30H,2,6-8,11-14,35H2,1,3-5H3;1-2H3/b38-21?,39-28+;. The number of nitriles is 1. The molecular weight excluding hydrogens is 579 g/mol. The molecular formula is C33H44ClFN8O. The van der Waals surface area contributed by atoms with Crippen LogP contribution in [0.5, 0.6) is 5.75 Å².